The van der Waals surface area contributed by atoms with Gasteiger partial charge in [0.2, 0.25) is 5.91 Å². The van der Waals surface area contributed by atoms with Crippen molar-refractivity contribution in [1.29, 1.82) is 0 Å². The third kappa shape index (κ3) is 4.88. The second-order valence-corrected chi connectivity index (χ2v) is 6.77. The van der Waals surface area contributed by atoms with Crippen LogP contribution in [0, 0.1) is 5.92 Å². The van der Waals surface area contributed by atoms with Gasteiger partial charge in [-0.2, -0.15) is 13.2 Å². The Balaban J connectivity index is 1.55. The molecule has 0 aliphatic carbocycles. The smallest absolute Gasteiger partial charge is 0.355 e. The van der Waals surface area contributed by atoms with E-state index in [2.05, 4.69) is 15.3 Å². The number of carbonyl (C=O) groups is 1. The highest BCUT2D eigenvalue weighted by atomic mass is 35.5. The minimum absolute atomic E-state index is 0.0297. The Bertz CT molecular complexity index is 793. The summed E-state index contributed by atoms with van der Waals surface area (Å²) >= 11 is 6.00. The lowest BCUT2D eigenvalue weighted by molar-refractivity contribution is -0.137. The van der Waals surface area contributed by atoms with E-state index in [0.717, 1.165) is 17.8 Å². The molecule has 0 bridgehead atoms. The van der Waals surface area contributed by atoms with Crippen LogP contribution >= 0.6 is 11.6 Å². The molecule has 2 aromatic rings. The van der Waals surface area contributed by atoms with Gasteiger partial charge in [0.15, 0.2) is 0 Å². The summed E-state index contributed by atoms with van der Waals surface area (Å²) in [5.74, 6) is 0.148. The van der Waals surface area contributed by atoms with Crippen molar-refractivity contribution >= 4 is 23.3 Å². The highest BCUT2D eigenvalue weighted by molar-refractivity contribution is 6.33. The van der Waals surface area contributed by atoms with Crippen molar-refractivity contribution in [2.24, 2.45) is 5.92 Å². The van der Waals surface area contributed by atoms with Crippen LogP contribution < -0.4 is 10.2 Å². The molecule has 3 rings (SSSR count). The van der Waals surface area contributed by atoms with Gasteiger partial charge in [0.25, 0.3) is 0 Å². The van der Waals surface area contributed by atoms with E-state index < -0.39 is 11.7 Å². The predicted octanol–water partition coefficient (Wildman–Crippen LogP) is 3.68. The number of anilines is 1. The lowest BCUT2D eigenvalue weighted by atomic mass is 9.95. The van der Waals surface area contributed by atoms with Crippen LogP contribution in [0.25, 0.3) is 0 Å². The van der Waals surface area contributed by atoms with Crippen LogP contribution in [0.5, 0.6) is 0 Å². The highest BCUT2D eigenvalue weighted by Gasteiger charge is 2.33. The summed E-state index contributed by atoms with van der Waals surface area (Å²) in [4.78, 5) is 21.9. The lowest BCUT2D eigenvalue weighted by Gasteiger charge is -2.32. The number of rotatable bonds is 4. The van der Waals surface area contributed by atoms with Gasteiger partial charge in [0, 0.05) is 44.1 Å². The molecular weight excluding hydrogens is 381 g/mol. The molecule has 1 amide bonds. The average Bonchev–Trinajstić information content (AvgIpc) is 2.66. The predicted molar refractivity (Wildman–Crippen MR) is 95.3 cm³/mol. The van der Waals surface area contributed by atoms with E-state index >= 15 is 0 Å². The maximum Gasteiger partial charge on any atom is 0.417 e. The van der Waals surface area contributed by atoms with Gasteiger partial charge < -0.3 is 10.2 Å². The summed E-state index contributed by atoms with van der Waals surface area (Å²) in [6, 6.07) is 4.56. The van der Waals surface area contributed by atoms with Gasteiger partial charge in [-0.15, -0.1) is 0 Å². The highest BCUT2D eigenvalue weighted by Crippen LogP contribution is 2.34. The monoisotopic (exact) mass is 398 g/mol. The fraction of sp³-hybridized carbons (Fsp3) is 0.389. The van der Waals surface area contributed by atoms with Gasteiger partial charge in [0.05, 0.1) is 10.6 Å². The molecular formula is C18H18ClF3N4O. The van der Waals surface area contributed by atoms with Crippen molar-refractivity contribution in [1.82, 2.24) is 15.3 Å². The number of halogens is 4. The normalized spacial score (nSPS) is 15.6. The number of carbonyl (C=O) groups excluding carboxylic acids is 1. The summed E-state index contributed by atoms with van der Waals surface area (Å²) in [5, 5.41) is 2.87. The minimum atomic E-state index is -4.48. The molecule has 0 aromatic carbocycles. The molecule has 0 unspecified atom stereocenters. The number of nitrogens with zero attached hydrogens (tertiary/aromatic N) is 3. The van der Waals surface area contributed by atoms with Crippen LogP contribution in [0.4, 0.5) is 19.0 Å². The molecule has 0 radical (unpaired) electrons. The van der Waals surface area contributed by atoms with Crippen LogP contribution in [0.15, 0.2) is 36.8 Å². The van der Waals surface area contributed by atoms with Crippen molar-refractivity contribution in [3.8, 4) is 0 Å². The van der Waals surface area contributed by atoms with Crippen molar-refractivity contribution in [2.45, 2.75) is 25.6 Å². The molecule has 0 saturated carbocycles. The molecule has 1 saturated heterocycles. The van der Waals surface area contributed by atoms with E-state index in [-0.39, 0.29) is 16.8 Å². The molecule has 144 valence electrons. The molecule has 5 nitrogen and oxygen atoms in total. The summed E-state index contributed by atoms with van der Waals surface area (Å²) in [7, 11) is 0. The largest absolute Gasteiger partial charge is 0.417 e. The van der Waals surface area contributed by atoms with E-state index in [1.807, 2.05) is 17.0 Å². The Morgan fingerprint density at radius 1 is 1.26 bits per heavy atom. The van der Waals surface area contributed by atoms with Gasteiger partial charge in [-0.3, -0.25) is 9.78 Å². The van der Waals surface area contributed by atoms with E-state index in [4.69, 9.17) is 11.6 Å². The molecule has 3 heterocycles. The quantitative estimate of drug-likeness (QED) is 0.853. The Morgan fingerprint density at radius 2 is 1.93 bits per heavy atom. The van der Waals surface area contributed by atoms with Gasteiger partial charge in [-0.05, 0) is 36.6 Å². The Labute approximate surface area is 159 Å². The van der Waals surface area contributed by atoms with E-state index in [0.29, 0.717) is 38.3 Å². The van der Waals surface area contributed by atoms with Gasteiger partial charge in [-0.1, -0.05) is 11.6 Å². The zero-order chi connectivity index (χ0) is 19.4. The Kier molecular flexibility index (Phi) is 5.84. The maximum atomic E-state index is 12.7. The molecule has 27 heavy (non-hydrogen) atoms. The molecule has 1 aliphatic rings. The first-order valence-corrected chi connectivity index (χ1v) is 8.86. The third-order valence-corrected chi connectivity index (χ3v) is 4.81. The van der Waals surface area contributed by atoms with E-state index in [1.165, 1.54) is 0 Å². The summed E-state index contributed by atoms with van der Waals surface area (Å²) in [6.45, 7) is 1.45. The number of pyridine rings is 2. The van der Waals surface area contributed by atoms with Crippen molar-refractivity contribution in [2.75, 3.05) is 18.0 Å². The molecule has 1 fully saturated rings. The van der Waals surface area contributed by atoms with Crippen LogP contribution in [-0.2, 0) is 17.5 Å². The number of nitrogens with one attached hydrogen (secondary N) is 1. The number of amides is 1. The number of piperidine rings is 1. The average molecular weight is 399 g/mol. The summed E-state index contributed by atoms with van der Waals surface area (Å²) in [6.07, 6.45) is 0.813. The van der Waals surface area contributed by atoms with Gasteiger partial charge >= 0.3 is 6.18 Å². The van der Waals surface area contributed by atoms with Crippen LogP contribution in [0.1, 0.15) is 24.0 Å². The Hall–Kier alpha value is -2.35. The molecule has 1 aliphatic heterocycles. The van der Waals surface area contributed by atoms with Crippen LogP contribution in [-0.4, -0.2) is 29.0 Å². The number of hydrogen-bond acceptors (Lipinski definition) is 4. The molecule has 1 N–H and O–H groups in total. The topological polar surface area (TPSA) is 58.1 Å². The standard InChI is InChI=1S/C18H18ClF3N4O/c19-15-9-14(18(20,21)22)11-24-16(15)26-7-3-13(4-8-26)17(27)25-10-12-1-5-23-6-2-12/h1-2,5-6,9,11,13H,3-4,7-8,10H2,(H,25,27). The fourth-order valence-corrected chi connectivity index (χ4v) is 3.29. The van der Waals surface area contributed by atoms with Crippen molar-refractivity contribution < 1.29 is 18.0 Å². The zero-order valence-electron chi connectivity index (χ0n) is 14.3. The first-order valence-electron chi connectivity index (χ1n) is 8.49. The number of hydrogen-bond donors (Lipinski definition) is 1. The molecule has 0 atom stereocenters. The maximum absolute atomic E-state index is 12.7. The SMILES string of the molecule is O=C(NCc1ccncc1)C1CCN(c2ncc(C(F)(F)F)cc2Cl)CC1. The van der Waals surface area contributed by atoms with E-state index in [9.17, 15) is 18.0 Å². The van der Waals surface area contributed by atoms with Gasteiger partial charge in [0.1, 0.15) is 5.82 Å². The van der Waals surface area contributed by atoms with Crippen LogP contribution in [0.3, 0.4) is 0 Å². The first kappa shape index (κ1) is 19.4. The minimum Gasteiger partial charge on any atom is -0.355 e. The van der Waals surface area contributed by atoms with Crippen molar-refractivity contribution in [3.63, 3.8) is 0 Å². The molecule has 2 aromatic heterocycles. The third-order valence-electron chi connectivity index (χ3n) is 4.53. The van der Waals surface area contributed by atoms with E-state index in [1.54, 1.807) is 12.4 Å². The summed E-state index contributed by atoms with van der Waals surface area (Å²) in [5.41, 5.74) is 0.0955. The molecule has 0 spiro atoms. The zero-order valence-corrected chi connectivity index (χ0v) is 15.1. The number of aromatic nitrogens is 2. The fourth-order valence-electron chi connectivity index (χ4n) is 3.01. The first-order chi connectivity index (χ1) is 12.8. The second kappa shape index (κ2) is 8.12. The Morgan fingerprint density at radius 3 is 2.52 bits per heavy atom. The van der Waals surface area contributed by atoms with Crippen molar-refractivity contribution in [3.05, 3.63) is 52.9 Å². The second-order valence-electron chi connectivity index (χ2n) is 6.36. The number of alkyl halides is 3. The lowest BCUT2D eigenvalue weighted by Crippen LogP contribution is -2.40. The molecule has 9 heteroatoms. The van der Waals surface area contributed by atoms with Crippen LogP contribution in [0.2, 0.25) is 5.02 Å². The van der Waals surface area contributed by atoms with Gasteiger partial charge in [-0.25, -0.2) is 4.98 Å². The summed E-state index contributed by atoms with van der Waals surface area (Å²) < 4.78 is 38.2.